The van der Waals surface area contributed by atoms with E-state index in [1.165, 1.54) is 12.0 Å². The third-order valence-electron chi connectivity index (χ3n) is 5.13. The highest BCUT2D eigenvalue weighted by atomic mass is 16.1. The fraction of sp³-hybridized carbons (Fsp3) is 0.286. The fourth-order valence-electron chi connectivity index (χ4n) is 3.24. The molecule has 132 valence electrons. The van der Waals surface area contributed by atoms with Gasteiger partial charge < -0.3 is 10.3 Å². The Kier molecular flexibility index (Phi) is 4.29. The van der Waals surface area contributed by atoms with E-state index in [2.05, 4.69) is 50.6 Å². The van der Waals surface area contributed by atoms with Crippen LogP contribution >= 0.6 is 0 Å². The Labute approximate surface area is 152 Å². The van der Waals surface area contributed by atoms with Crippen molar-refractivity contribution in [2.45, 2.75) is 26.2 Å². The van der Waals surface area contributed by atoms with Gasteiger partial charge in [0.15, 0.2) is 0 Å². The molecule has 1 fully saturated rings. The monoisotopic (exact) mass is 346 g/mol. The Balaban J connectivity index is 1.39. The molecule has 1 aliphatic rings. The van der Waals surface area contributed by atoms with E-state index in [0.717, 1.165) is 23.6 Å². The van der Waals surface area contributed by atoms with E-state index in [1.54, 1.807) is 13.1 Å². The van der Waals surface area contributed by atoms with Crippen LogP contribution in [0.3, 0.4) is 0 Å². The summed E-state index contributed by atoms with van der Waals surface area (Å²) >= 11 is 0. The average molecular weight is 346 g/mol. The van der Waals surface area contributed by atoms with Gasteiger partial charge in [0.05, 0.1) is 0 Å². The Hall–Kier alpha value is -2.95. The zero-order valence-electron chi connectivity index (χ0n) is 15.0. The average Bonchev–Trinajstić information content (AvgIpc) is 3.45. The van der Waals surface area contributed by atoms with Crippen molar-refractivity contribution < 1.29 is 0 Å². The number of anilines is 1. The van der Waals surface area contributed by atoms with Gasteiger partial charge in [-0.15, -0.1) is 0 Å². The molecule has 5 nitrogen and oxygen atoms in total. The zero-order valence-corrected chi connectivity index (χ0v) is 15.0. The highest BCUT2D eigenvalue weighted by molar-refractivity contribution is 5.56. The summed E-state index contributed by atoms with van der Waals surface area (Å²) in [7, 11) is 0. The van der Waals surface area contributed by atoms with Crippen molar-refractivity contribution in [3.63, 3.8) is 0 Å². The van der Waals surface area contributed by atoms with Crippen molar-refractivity contribution in [2.75, 3.05) is 11.9 Å². The number of aryl methyl sites for hydroxylation is 1. The van der Waals surface area contributed by atoms with Crippen LogP contribution in [0.15, 0.2) is 53.5 Å². The lowest BCUT2D eigenvalue weighted by Gasteiger charge is -2.07. The van der Waals surface area contributed by atoms with E-state index in [1.807, 2.05) is 19.1 Å². The molecule has 0 amide bonds. The predicted octanol–water partition coefficient (Wildman–Crippen LogP) is 3.66. The number of nitrogens with zero attached hydrogens (tertiary/aromatic N) is 2. The molecule has 0 aliphatic heterocycles. The van der Waals surface area contributed by atoms with Gasteiger partial charge in [0.25, 0.3) is 5.56 Å². The Morgan fingerprint density at radius 1 is 1.15 bits per heavy atom. The summed E-state index contributed by atoms with van der Waals surface area (Å²) in [6, 6.07) is 14.5. The van der Waals surface area contributed by atoms with Gasteiger partial charge in [0.1, 0.15) is 11.6 Å². The third-order valence-corrected chi connectivity index (χ3v) is 5.13. The maximum atomic E-state index is 11.9. The second-order valence-electron chi connectivity index (χ2n) is 6.95. The van der Waals surface area contributed by atoms with Gasteiger partial charge in [-0.25, -0.2) is 9.97 Å². The maximum absolute atomic E-state index is 11.9. The van der Waals surface area contributed by atoms with Crippen molar-refractivity contribution in [1.29, 1.82) is 0 Å². The van der Waals surface area contributed by atoms with Gasteiger partial charge in [0.2, 0.25) is 0 Å². The van der Waals surface area contributed by atoms with Gasteiger partial charge in [-0.05, 0) is 49.8 Å². The molecule has 4 rings (SSSR count). The quantitative estimate of drug-likeness (QED) is 0.739. The summed E-state index contributed by atoms with van der Waals surface area (Å²) in [4.78, 5) is 23.6. The van der Waals surface area contributed by atoms with Crippen LogP contribution < -0.4 is 10.9 Å². The molecular formula is C21H22N4O. The van der Waals surface area contributed by atoms with Crippen LogP contribution in [0.25, 0.3) is 11.4 Å². The van der Waals surface area contributed by atoms with Crippen molar-refractivity contribution in [2.24, 2.45) is 5.92 Å². The van der Waals surface area contributed by atoms with Gasteiger partial charge in [0, 0.05) is 29.6 Å². The molecule has 0 radical (unpaired) electrons. The van der Waals surface area contributed by atoms with Crippen LogP contribution in [0, 0.1) is 19.8 Å². The summed E-state index contributed by atoms with van der Waals surface area (Å²) in [6.07, 6.45) is 2.97. The molecule has 2 N–H and O–H groups in total. The number of hydrogen-bond acceptors (Lipinski definition) is 4. The van der Waals surface area contributed by atoms with Crippen LogP contribution in [-0.4, -0.2) is 21.5 Å². The Morgan fingerprint density at radius 3 is 2.65 bits per heavy atom. The van der Waals surface area contributed by atoms with Crippen molar-refractivity contribution in [1.82, 2.24) is 15.0 Å². The molecule has 3 aromatic rings. The SMILES string of the molecule is Cc1nc(-c2ccc(NCC3CC3c3ccccc3)nc2)[nH]c(=O)c1C. The molecule has 0 spiro atoms. The highest BCUT2D eigenvalue weighted by Crippen LogP contribution is 2.47. The first-order chi connectivity index (χ1) is 12.6. The first kappa shape index (κ1) is 16.5. The van der Waals surface area contributed by atoms with E-state index in [-0.39, 0.29) is 5.56 Å². The van der Waals surface area contributed by atoms with Crippen LogP contribution in [0.1, 0.15) is 29.2 Å². The van der Waals surface area contributed by atoms with Crippen LogP contribution in [0.5, 0.6) is 0 Å². The molecule has 26 heavy (non-hydrogen) atoms. The third kappa shape index (κ3) is 3.38. The number of aromatic amines is 1. The van der Waals surface area contributed by atoms with E-state index < -0.39 is 0 Å². The van der Waals surface area contributed by atoms with Crippen LogP contribution in [0.4, 0.5) is 5.82 Å². The van der Waals surface area contributed by atoms with Crippen molar-refractivity contribution in [3.05, 3.63) is 75.8 Å². The van der Waals surface area contributed by atoms with E-state index >= 15 is 0 Å². The van der Waals surface area contributed by atoms with Gasteiger partial charge >= 0.3 is 0 Å². The Morgan fingerprint density at radius 2 is 1.96 bits per heavy atom. The summed E-state index contributed by atoms with van der Waals surface area (Å²) in [5.41, 5.74) is 3.52. The second-order valence-corrected chi connectivity index (χ2v) is 6.95. The summed E-state index contributed by atoms with van der Waals surface area (Å²) in [5.74, 6) is 2.73. The minimum absolute atomic E-state index is 0.101. The number of aromatic nitrogens is 3. The first-order valence-corrected chi connectivity index (χ1v) is 8.94. The largest absolute Gasteiger partial charge is 0.370 e. The van der Waals surface area contributed by atoms with E-state index in [9.17, 15) is 4.79 Å². The van der Waals surface area contributed by atoms with Crippen LogP contribution in [-0.2, 0) is 0 Å². The van der Waals surface area contributed by atoms with E-state index in [4.69, 9.17) is 0 Å². The lowest BCUT2D eigenvalue weighted by molar-refractivity contribution is 0.840. The maximum Gasteiger partial charge on any atom is 0.254 e. The molecule has 1 aromatic carbocycles. The predicted molar refractivity (Wildman–Crippen MR) is 103 cm³/mol. The number of nitrogens with one attached hydrogen (secondary N) is 2. The van der Waals surface area contributed by atoms with Crippen molar-refractivity contribution >= 4 is 5.82 Å². The molecule has 5 heteroatoms. The first-order valence-electron chi connectivity index (χ1n) is 8.94. The van der Waals surface area contributed by atoms with Gasteiger partial charge in [-0.3, -0.25) is 4.79 Å². The number of rotatable bonds is 5. The van der Waals surface area contributed by atoms with Crippen molar-refractivity contribution in [3.8, 4) is 11.4 Å². The standard InChI is InChI=1S/C21H22N4O/c1-13-14(2)24-20(25-21(13)26)16-8-9-19(22-11-16)23-12-17-10-18(17)15-6-4-3-5-7-15/h3-9,11,17-18H,10,12H2,1-2H3,(H,22,23)(H,24,25,26). The molecule has 2 atom stereocenters. The zero-order chi connectivity index (χ0) is 18.1. The molecule has 2 aromatic heterocycles. The summed E-state index contributed by atoms with van der Waals surface area (Å²) in [6.45, 7) is 4.54. The van der Waals surface area contributed by atoms with Gasteiger partial charge in [-0.1, -0.05) is 30.3 Å². The number of benzene rings is 1. The lowest BCUT2D eigenvalue weighted by atomic mass is 10.1. The second kappa shape index (κ2) is 6.75. The number of pyridine rings is 1. The van der Waals surface area contributed by atoms with E-state index in [0.29, 0.717) is 23.2 Å². The topological polar surface area (TPSA) is 70.7 Å². The summed E-state index contributed by atoms with van der Waals surface area (Å²) < 4.78 is 0. The molecular weight excluding hydrogens is 324 g/mol. The molecule has 2 heterocycles. The minimum Gasteiger partial charge on any atom is -0.370 e. The highest BCUT2D eigenvalue weighted by Gasteiger charge is 2.37. The minimum atomic E-state index is -0.101. The molecule has 1 aliphatic carbocycles. The summed E-state index contributed by atoms with van der Waals surface area (Å²) in [5, 5.41) is 3.41. The molecule has 1 saturated carbocycles. The molecule has 2 unspecified atom stereocenters. The Bertz CT molecular complexity index is 964. The van der Waals surface area contributed by atoms with Crippen LogP contribution in [0.2, 0.25) is 0 Å². The van der Waals surface area contributed by atoms with Gasteiger partial charge in [-0.2, -0.15) is 0 Å². The number of hydrogen-bond donors (Lipinski definition) is 2. The smallest absolute Gasteiger partial charge is 0.254 e. The molecule has 0 saturated heterocycles. The lowest BCUT2D eigenvalue weighted by Crippen LogP contribution is -2.14. The normalized spacial score (nSPS) is 18.5. The number of H-pyrrole nitrogens is 1. The molecule has 0 bridgehead atoms. The fourth-order valence-corrected chi connectivity index (χ4v) is 3.24.